The third kappa shape index (κ3) is 3.87. The van der Waals surface area contributed by atoms with Crippen LogP contribution in [0.4, 0.5) is 17.3 Å². The van der Waals surface area contributed by atoms with Crippen LogP contribution in [0, 0.1) is 18.8 Å². The number of hydrogen-bond acceptors (Lipinski definition) is 6. The van der Waals surface area contributed by atoms with Crippen molar-refractivity contribution in [3.63, 3.8) is 0 Å². The number of carbonyl (C=O) groups is 1. The third-order valence-corrected chi connectivity index (χ3v) is 6.83. The highest BCUT2D eigenvalue weighted by Gasteiger charge is 2.48. The minimum absolute atomic E-state index is 0.0632. The van der Waals surface area contributed by atoms with Gasteiger partial charge in [0.1, 0.15) is 11.6 Å². The molecule has 3 aliphatic rings. The van der Waals surface area contributed by atoms with Crippen molar-refractivity contribution >= 4 is 23.2 Å². The highest BCUT2D eigenvalue weighted by Crippen LogP contribution is 2.50. The van der Waals surface area contributed by atoms with Crippen LogP contribution in [0.5, 0.6) is 0 Å². The summed E-state index contributed by atoms with van der Waals surface area (Å²) < 4.78 is 5.52. The molecule has 3 atom stereocenters. The summed E-state index contributed by atoms with van der Waals surface area (Å²) in [5, 5.41) is 3.71. The summed E-state index contributed by atoms with van der Waals surface area (Å²) >= 11 is 0. The van der Waals surface area contributed by atoms with Gasteiger partial charge in [0, 0.05) is 43.2 Å². The predicted octanol–water partition coefficient (Wildman–Crippen LogP) is 3.56. The molecule has 164 valence electrons. The van der Waals surface area contributed by atoms with Crippen LogP contribution in [0.2, 0.25) is 0 Å². The smallest absolute Gasteiger partial charge is 0.224 e. The number of ether oxygens (including phenoxy) is 1. The van der Waals surface area contributed by atoms with E-state index in [9.17, 15) is 4.79 Å². The molecule has 1 amide bonds. The normalized spacial score (nSPS) is 25.8. The average Bonchev–Trinajstić information content (AvgIpc) is 3.60. The second-order valence-electron chi connectivity index (χ2n) is 9.06. The first-order chi connectivity index (χ1) is 15.0. The molecule has 31 heavy (non-hydrogen) atoms. The Labute approximate surface area is 183 Å². The fraction of sp³-hybridized carbons (Fsp3) is 0.542. The summed E-state index contributed by atoms with van der Waals surface area (Å²) in [4.78, 5) is 26.5. The van der Waals surface area contributed by atoms with E-state index in [4.69, 9.17) is 14.7 Å². The van der Waals surface area contributed by atoms with Gasteiger partial charge in [-0.25, -0.2) is 9.97 Å². The van der Waals surface area contributed by atoms with Crippen LogP contribution in [0.3, 0.4) is 0 Å². The molecule has 2 aromatic heterocycles. The number of aryl methyl sites for hydroxylation is 1. The summed E-state index contributed by atoms with van der Waals surface area (Å²) in [5.41, 5.74) is 3.05. The number of amides is 1. The molecule has 2 fully saturated rings. The van der Waals surface area contributed by atoms with E-state index in [0.717, 1.165) is 41.7 Å². The Balaban J connectivity index is 1.58. The van der Waals surface area contributed by atoms with E-state index in [-0.39, 0.29) is 23.9 Å². The zero-order valence-electron chi connectivity index (χ0n) is 18.5. The maximum absolute atomic E-state index is 12.8. The van der Waals surface area contributed by atoms with Crippen LogP contribution in [0.15, 0.2) is 30.5 Å². The Morgan fingerprint density at radius 3 is 2.68 bits per heavy atom. The molecule has 1 saturated heterocycles. The van der Waals surface area contributed by atoms with Gasteiger partial charge in [-0.15, -0.1) is 0 Å². The molecule has 2 aromatic rings. The first kappa shape index (κ1) is 20.2. The maximum atomic E-state index is 12.8. The minimum Gasteiger partial charge on any atom is -0.378 e. The van der Waals surface area contributed by atoms with Gasteiger partial charge in [0.15, 0.2) is 0 Å². The van der Waals surface area contributed by atoms with Crippen LogP contribution in [0.25, 0.3) is 0 Å². The van der Waals surface area contributed by atoms with E-state index < -0.39 is 0 Å². The fourth-order valence-electron chi connectivity index (χ4n) is 5.19. The van der Waals surface area contributed by atoms with Crippen molar-refractivity contribution in [1.29, 1.82) is 0 Å². The number of aromatic nitrogens is 2. The SMILES string of the molecule is CC(=O)N1c2cnc(N3CCOCC3)cc2C(Nc2cccc(C)n2)[C@@H](C)[C@@H]1C1CC1. The standard InChI is InChI=1S/C24H31N5O2/c1-15-5-4-6-21(26-15)27-23-16(2)24(18-7-8-18)29(17(3)30)20-14-25-22(13-19(20)23)28-9-11-31-12-10-28/h4-6,13-14,16,18,23-24H,7-12H2,1-3H3,(H,26,27)/t16-,23?,24-/m1/s1. The summed E-state index contributed by atoms with van der Waals surface area (Å²) in [5.74, 6) is 2.73. The average molecular weight is 422 g/mol. The van der Waals surface area contributed by atoms with E-state index in [1.54, 1.807) is 6.92 Å². The Bertz CT molecular complexity index is 970. The molecular weight excluding hydrogens is 390 g/mol. The molecule has 2 aliphatic heterocycles. The first-order valence-corrected chi connectivity index (χ1v) is 11.4. The Morgan fingerprint density at radius 2 is 2.00 bits per heavy atom. The van der Waals surface area contributed by atoms with Gasteiger partial charge in [0.05, 0.1) is 31.1 Å². The highest BCUT2D eigenvalue weighted by atomic mass is 16.5. The van der Waals surface area contributed by atoms with E-state index in [1.807, 2.05) is 36.2 Å². The number of nitrogens with one attached hydrogen (secondary N) is 1. The van der Waals surface area contributed by atoms with E-state index in [1.165, 1.54) is 12.8 Å². The number of morpholine rings is 1. The summed E-state index contributed by atoms with van der Waals surface area (Å²) in [7, 11) is 0. The van der Waals surface area contributed by atoms with Gasteiger partial charge in [-0.3, -0.25) is 4.79 Å². The molecule has 7 heteroatoms. The van der Waals surface area contributed by atoms with Crippen molar-refractivity contribution in [3.8, 4) is 0 Å². The van der Waals surface area contributed by atoms with Crippen LogP contribution in [0.1, 0.15) is 44.0 Å². The molecule has 0 aromatic carbocycles. The van der Waals surface area contributed by atoms with E-state index in [2.05, 4.69) is 23.2 Å². The summed E-state index contributed by atoms with van der Waals surface area (Å²) in [6, 6.07) is 8.48. The molecule has 0 spiro atoms. The van der Waals surface area contributed by atoms with Crippen molar-refractivity contribution in [2.75, 3.05) is 41.4 Å². The topological polar surface area (TPSA) is 70.6 Å². The number of nitrogens with zero attached hydrogens (tertiary/aromatic N) is 4. The molecular formula is C24H31N5O2. The molecule has 1 saturated carbocycles. The van der Waals surface area contributed by atoms with Gasteiger partial charge in [0.25, 0.3) is 0 Å². The number of pyridine rings is 2. The highest BCUT2D eigenvalue weighted by molar-refractivity contribution is 5.94. The number of anilines is 3. The minimum atomic E-state index is 0.0632. The van der Waals surface area contributed by atoms with Crippen LogP contribution in [-0.4, -0.2) is 48.2 Å². The number of rotatable bonds is 4. The van der Waals surface area contributed by atoms with Crippen LogP contribution >= 0.6 is 0 Å². The van der Waals surface area contributed by atoms with Crippen LogP contribution in [-0.2, 0) is 9.53 Å². The Hall–Kier alpha value is -2.67. The molecule has 5 rings (SSSR count). The summed E-state index contributed by atoms with van der Waals surface area (Å²) in [6.45, 7) is 9.05. The second kappa shape index (κ2) is 8.11. The number of hydrogen-bond donors (Lipinski definition) is 1. The lowest BCUT2D eigenvalue weighted by Crippen LogP contribution is -2.51. The second-order valence-corrected chi connectivity index (χ2v) is 9.06. The molecule has 1 unspecified atom stereocenters. The Kier molecular flexibility index (Phi) is 5.30. The first-order valence-electron chi connectivity index (χ1n) is 11.4. The zero-order chi connectivity index (χ0) is 21.5. The quantitative estimate of drug-likeness (QED) is 0.814. The van der Waals surface area contributed by atoms with E-state index >= 15 is 0 Å². The lowest BCUT2D eigenvalue weighted by Gasteiger charge is -2.46. The van der Waals surface area contributed by atoms with Gasteiger partial charge in [-0.1, -0.05) is 13.0 Å². The van der Waals surface area contributed by atoms with E-state index in [0.29, 0.717) is 19.1 Å². The fourth-order valence-corrected chi connectivity index (χ4v) is 5.19. The van der Waals surface area contributed by atoms with Crippen molar-refractivity contribution in [2.24, 2.45) is 11.8 Å². The molecule has 0 bridgehead atoms. The zero-order valence-corrected chi connectivity index (χ0v) is 18.5. The van der Waals surface area contributed by atoms with Gasteiger partial charge in [-0.2, -0.15) is 0 Å². The monoisotopic (exact) mass is 421 g/mol. The molecule has 1 N–H and O–H groups in total. The largest absolute Gasteiger partial charge is 0.378 e. The van der Waals surface area contributed by atoms with Crippen molar-refractivity contribution < 1.29 is 9.53 Å². The van der Waals surface area contributed by atoms with Crippen LogP contribution < -0.4 is 15.1 Å². The van der Waals surface area contributed by atoms with Crippen molar-refractivity contribution in [1.82, 2.24) is 9.97 Å². The lowest BCUT2D eigenvalue weighted by molar-refractivity contribution is -0.117. The number of fused-ring (bicyclic) bond motifs is 1. The van der Waals surface area contributed by atoms with Gasteiger partial charge < -0.3 is 19.9 Å². The van der Waals surface area contributed by atoms with Crippen molar-refractivity contribution in [2.45, 2.75) is 45.7 Å². The van der Waals surface area contributed by atoms with Gasteiger partial charge in [0.2, 0.25) is 5.91 Å². The maximum Gasteiger partial charge on any atom is 0.224 e. The molecule has 1 aliphatic carbocycles. The van der Waals surface area contributed by atoms with Crippen molar-refractivity contribution in [3.05, 3.63) is 41.7 Å². The lowest BCUT2D eigenvalue weighted by atomic mass is 9.80. The van der Waals surface area contributed by atoms with Gasteiger partial charge in [-0.05, 0) is 43.9 Å². The number of carbonyl (C=O) groups excluding carboxylic acids is 1. The molecule has 7 nitrogen and oxygen atoms in total. The summed E-state index contributed by atoms with van der Waals surface area (Å²) in [6.07, 6.45) is 4.27. The Morgan fingerprint density at radius 1 is 1.23 bits per heavy atom. The molecule has 4 heterocycles. The molecule has 0 radical (unpaired) electrons. The van der Waals surface area contributed by atoms with Gasteiger partial charge >= 0.3 is 0 Å². The third-order valence-electron chi connectivity index (χ3n) is 6.83. The predicted molar refractivity (Wildman–Crippen MR) is 121 cm³/mol.